The quantitative estimate of drug-likeness (QED) is 0.415. The first-order valence-corrected chi connectivity index (χ1v) is 1.73. The minimum atomic E-state index is -1.55. The Morgan fingerprint density at radius 3 is 1.18 bits per heavy atom. The third-order valence-electron chi connectivity index (χ3n) is 0.355. The number of carbonyl (C=O) groups excluding carboxylic acids is 2. The molecule has 0 unspecified atom stereocenters. The van der Waals surface area contributed by atoms with Crippen molar-refractivity contribution in [3.05, 3.63) is 12.2 Å². The molecule has 68 valence electrons. The van der Waals surface area contributed by atoms with Crippen LogP contribution in [0.1, 0.15) is 0 Å². The van der Waals surface area contributed by atoms with E-state index in [-0.39, 0.29) is 17.8 Å². The zero-order chi connectivity index (χ0) is 6.57. The van der Waals surface area contributed by atoms with Gasteiger partial charge in [0.25, 0.3) is 0 Å². The molecule has 0 heterocycles. The minimum absolute atomic E-state index is 0. The Balaban J connectivity index is -0.0000000817. The lowest BCUT2D eigenvalue weighted by molar-refractivity contribution is -0.301. The van der Waals surface area contributed by atoms with Gasteiger partial charge in [0.05, 0.1) is 11.9 Å². The summed E-state index contributed by atoms with van der Waals surface area (Å²) in [4.78, 5) is 18.8. The Morgan fingerprint density at radius 1 is 0.909 bits per heavy atom. The molecule has 0 aliphatic heterocycles. The molecule has 0 bridgehead atoms. The van der Waals surface area contributed by atoms with Gasteiger partial charge < -0.3 is 37.6 Å². The van der Waals surface area contributed by atoms with Crippen molar-refractivity contribution >= 4 is 11.9 Å². The van der Waals surface area contributed by atoms with Crippen LogP contribution in [0.4, 0.5) is 0 Å². The van der Waals surface area contributed by atoms with E-state index in [1.165, 1.54) is 0 Å². The van der Waals surface area contributed by atoms with Gasteiger partial charge in [0.15, 0.2) is 0 Å². The second-order valence-corrected chi connectivity index (χ2v) is 0.971. The summed E-state index contributed by atoms with van der Waals surface area (Å²) in [5.74, 6) is -3.09. The van der Waals surface area contributed by atoms with Gasteiger partial charge in [0.1, 0.15) is 0 Å². The Hall–Kier alpha value is -1.44. The van der Waals surface area contributed by atoms with E-state index in [9.17, 15) is 19.8 Å². The summed E-state index contributed by atoms with van der Waals surface area (Å²) in [5.41, 5.74) is 0. The van der Waals surface area contributed by atoms with Crippen LogP contribution in [-0.4, -0.2) is 17.4 Å². The Morgan fingerprint density at radius 2 is 1.09 bits per heavy atom. The molecular weight excluding hydrogens is 156 g/mol. The second kappa shape index (κ2) is 11.4. The van der Waals surface area contributed by atoms with Crippen LogP contribution in [0.25, 0.3) is 0 Å². The monoisotopic (exact) mass is 168 g/mol. The van der Waals surface area contributed by atoms with Gasteiger partial charge in [-0.15, -0.1) is 0 Å². The highest BCUT2D eigenvalue weighted by molar-refractivity contribution is 5.87. The molecule has 0 aliphatic rings. The Bertz CT molecular complexity index is 127. The SMILES string of the molecule is O.O=C([O-])/C=C/C(=O)[O-].[NH4+].[NH4+]. The first-order chi connectivity index (χ1) is 3.63. The van der Waals surface area contributed by atoms with E-state index in [2.05, 4.69) is 0 Å². The lowest BCUT2D eigenvalue weighted by Gasteiger charge is -1.90. The molecule has 0 rings (SSSR count). The summed E-state index contributed by atoms with van der Waals surface area (Å²) in [5, 5.41) is 18.8. The molecule has 0 aliphatic carbocycles. The molecule has 0 saturated carbocycles. The first-order valence-electron chi connectivity index (χ1n) is 1.73. The van der Waals surface area contributed by atoms with Crippen LogP contribution in [-0.2, 0) is 9.59 Å². The molecule has 0 fully saturated rings. The molecule has 11 heavy (non-hydrogen) atoms. The van der Waals surface area contributed by atoms with E-state index >= 15 is 0 Å². The number of carbonyl (C=O) groups is 2. The second-order valence-electron chi connectivity index (χ2n) is 0.971. The third kappa shape index (κ3) is 29.1. The average molecular weight is 168 g/mol. The van der Waals surface area contributed by atoms with E-state index < -0.39 is 11.9 Å². The number of hydrogen-bond donors (Lipinski definition) is 2. The van der Waals surface area contributed by atoms with E-state index in [0.717, 1.165) is 0 Å². The predicted octanol–water partition coefficient (Wildman–Crippen LogP) is -3.03. The molecule has 7 nitrogen and oxygen atoms in total. The van der Waals surface area contributed by atoms with Crippen molar-refractivity contribution in [2.24, 2.45) is 0 Å². The fraction of sp³-hybridized carbons (Fsp3) is 0. The van der Waals surface area contributed by atoms with Gasteiger partial charge in [-0.1, -0.05) is 0 Å². The van der Waals surface area contributed by atoms with Crippen molar-refractivity contribution in [1.82, 2.24) is 12.3 Å². The maximum Gasteiger partial charge on any atom is 0.0643 e. The topological polar surface area (TPSA) is 185 Å². The van der Waals surface area contributed by atoms with E-state index in [0.29, 0.717) is 12.2 Å². The number of hydrogen-bond acceptors (Lipinski definition) is 4. The summed E-state index contributed by atoms with van der Waals surface area (Å²) in [6, 6.07) is 0. The van der Waals surface area contributed by atoms with Crippen LogP contribution in [0.2, 0.25) is 0 Å². The lowest BCUT2D eigenvalue weighted by atomic mass is 10.5. The van der Waals surface area contributed by atoms with Crippen LogP contribution in [0.15, 0.2) is 12.2 Å². The predicted molar refractivity (Wildman–Crippen MR) is 34.7 cm³/mol. The zero-order valence-electron chi connectivity index (χ0n) is 6.29. The van der Waals surface area contributed by atoms with Crippen molar-refractivity contribution in [3.63, 3.8) is 0 Å². The standard InChI is InChI=1S/C4H4O4.2H3N.H2O/c5-3(6)1-2-4(7)8;;;/h1-2H,(H,5,6)(H,7,8);2*1H3;1H2/b2-1+;;;. The lowest BCUT2D eigenvalue weighted by Crippen LogP contribution is -2.23. The molecule has 0 amide bonds. The van der Waals surface area contributed by atoms with Crippen molar-refractivity contribution in [2.45, 2.75) is 0 Å². The highest BCUT2D eigenvalue weighted by atomic mass is 16.4. The Kier molecular flexibility index (Phi) is 23.4. The van der Waals surface area contributed by atoms with Gasteiger partial charge in [-0.05, 0) is 12.2 Å². The Labute approximate surface area is 62.8 Å². The van der Waals surface area contributed by atoms with Crippen molar-refractivity contribution < 1.29 is 25.3 Å². The molecule has 0 aromatic rings. The van der Waals surface area contributed by atoms with E-state index in [4.69, 9.17) is 0 Å². The average Bonchev–Trinajstić information content (AvgIpc) is 1.61. The number of rotatable bonds is 2. The van der Waals surface area contributed by atoms with Crippen molar-refractivity contribution in [1.29, 1.82) is 0 Å². The van der Waals surface area contributed by atoms with Crippen molar-refractivity contribution in [3.8, 4) is 0 Å². The van der Waals surface area contributed by atoms with E-state index in [1.54, 1.807) is 0 Å². The number of carboxylic acid groups (broad SMARTS) is 2. The summed E-state index contributed by atoms with van der Waals surface area (Å²) < 4.78 is 0. The summed E-state index contributed by atoms with van der Waals surface area (Å²) in [6.45, 7) is 0. The highest BCUT2D eigenvalue weighted by Crippen LogP contribution is 1.64. The van der Waals surface area contributed by atoms with Crippen LogP contribution in [0.3, 0.4) is 0 Å². The highest BCUT2D eigenvalue weighted by Gasteiger charge is 1.70. The number of quaternary nitrogens is 2. The molecular formula is C4H12N2O5. The van der Waals surface area contributed by atoms with Crippen LogP contribution in [0, 0.1) is 0 Å². The maximum atomic E-state index is 9.41. The molecule has 10 N–H and O–H groups in total. The normalized spacial score (nSPS) is 6.91. The largest absolute Gasteiger partial charge is 0.545 e. The molecule has 0 spiro atoms. The van der Waals surface area contributed by atoms with Crippen LogP contribution < -0.4 is 22.5 Å². The van der Waals surface area contributed by atoms with Gasteiger partial charge in [-0.3, -0.25) is 0 Å². The number of aliphatic carboxylic acids is 2. The summed E-state index contributed by atoms with van der Waals surface area (Å²) >= 11 is 0. The van der Waals surface area contributed by atoms with Crippen LogP contribution >= 0.6 is 0 Å². The maximum absolute atomic E-state index is 9.41. The first kappa shape index (κ1) is 22.7. The van der Waals surface area contributed by atoms with Gasteiger partial charge in [0, 0.05) is 0 Å². The van der Waals surface area contributed by atoms with Gasteiger partial charge in [-0.2, -0.15) is 0 Å². The molecule has 0 aromatic heterocycles. The number of carboxylic acids is 2. The third-order valence-corrected chi connectivity index (χ3v) is 0.355. The minimum Gasteiger partial charge on any atom is -0.545 e. The van der Waals surface area contributed by atoms with Gasteiger partial charge >= 0.3 is 0 Å². The van der Waals surface area contributed by atoms with Gasteiger partial charge in [-0.25, -0.2) is 0 Å². The summed E-state index contributed by atoms with van der Waals surface area (Å²) in [7, 11) is 0. The molecule has 0 saturated heterocycles. The fourth-order valence-electron chi connectivity index (χ4n) is 0.136. The van der Waals surface area contributed by atoms with E-state index in [1.807, 2.05) is 0 Å². The smallest absolute Gasteiger partial charge is 0.0643 e. The zero-order valence-corrected chi connectivity index (χ0v) is 6.29. The molecule has 0 radical (unpaired) electrons. The molecule has 0 aromatic carbocycles. The van der Waals surface area contributed by atoms with Gasteiger partial charge in [0.2, 0.25) is 0 Å². The molecule has 0 atom stereocenters. The summed E-state index contributed by atoms with van der Waals surface area (Å²) in [6.07, 6.45) is 0.769. The molecule has 7 heteroatoms. The van der Waals surface area contributed by atoms with Crippen molar-refractivity contribution in [2.75, 3.05) is 0 Å². The fourth-order valence-corrected chi connectivity index (χ4v) is 0.136. The van der Waals surface area contributed by atoms with Crippen LogP contribution in [0.5, 0.6) is 0 Å².